The molecule has 0 radical (unpaired) electrons. The van der Waals surface area contributed by atoms with E-state index >= 15 is 0 Å². The second kappa shape index (κ2) is 12.8. The quantitative estimate of drug-likeness (QED) is 0.469. The largest absolute Gasteiger partial charge is 0.481 e. The molecule has 0 spiro atoms. The van der Waals surface area contributed by atoms with Crippen molar-refractivity contribution in [3.05, 3.63) is 35.7 Å². The molecule has 1 saturated carbocycles. The lowest BCUT2D eigenvalue weighted by molar-refractivity contribution is -0.127. The van der Waals surface area contributed by atoms with Crippen molar-refractivity contribution in [3.63, 3.8) is 0 Å². The zero-order chi connectivity index (χ0) is 24.5. The molecule has 1 aromatic heterocycles. The monoisotopic (exact) mass is 487 g/mol. The Morgan fingerprint density at radius 1 is 1.18 bits per heavy atom. The van der Waals surface area contributed by atoms with Gasteiger partial charge in [0.1, 0.15) is 5.75 Å². The van der Waals surface area contributed by atoms with Crippen LogP contribution >= 0.6 is 11.8 Å². The van der Waals surface area contributed by atoms with E-state index in [1.54, 1.807) is 6.92 Å². The smallest absolute Gasteiger partial charge is 0.261 e. The van der Waals surface area contributed by atoms with Gasteiger partial charge in [0.2, 0.25) is 5.91 Å². The number of hydrogen-bond donors (Lipinski definition) is 2. The molecule has 1 aliphatic carbocycles. The number of carbonyl (C=O) groups is 2. The third-order valence-corrected chi connectivity index (χ3v) is 7.30. The maximum atomic E-state index is 12.5. The van der Waals surface area contributed by atoms with E-state index in [4.69, 9.17) is 4.74 Å². The highest BCUT2D eigenvalue weighted by atomic mass is 32.2. The van der Waals surface area contributed by atoms with E-state index in [0.29, 0.717) is 34.9 Å². The van der Waals surface area contributed by atoms with Crippen LogP contribution in [0.15, 0.2) is 29.4 Å². The van der Waals surface area contributed by atoms with Crippen LogP contribution in [0, 0.1) is 5.92 Å². The van der Waals surface area contributed by atoms with Crippen molar-refractivity contribution < 1.29 is 14.3 Å². The summed E-state index contributed by atoms with van der Waals surface area (Å²) >= 11 is 1.38. The van der Waals surface area contributed by atoms with Crippen LogP contribution in [0.1, 0.15) is 64.8 Å². The van der Waals surface area contributed by atoms with Crippen molar-refractivity contribution >= 4 is 23.6 Å². The van der Waals surface area contributed by atoms with Crippen molar-refractivity contribution in [1.29, 1.82) is 0 Å². The number of nitrogens with zero attached hydrogens (tertiary/aromatic N) is 3. The van der Waals surface area contributed by atoms with E-state index in [1.165, 1.54) is 36.6 Å². The molecule has 3 atom stereocenters. The molecule has 0 unspecified atom stereocenters. The molecule has 1 aliphatic rings. The average Bonchev–Trinajstić information content (AvgIpc) is 3.24. The molecule has 1 fully saturated rings. The van der Waals surface area contributed by atoms with E-state index < -0.39 is 6.10 Å². The summed E-state index contributed by atoms with van der Waals surface area (Å²) in [5.41, 5.74) is 1.22. The highest BCUT2D eigenvalue weighted by Crippen LogP contribution is 2.24. The van der Waals surface area contributed by atoms with Crippen molar-refractivity contribution in [2.24, 2.45) is 5.92 Å². The predicted octanol–water partition coefficient (Wildman–Crippen LogP) is 3.73. The van der Waals surface area contributed by atoms with E-state index in [0.717, 1.165) is 12.8 Å². The van der Waals surface area contributed by atoms with Crippen molar-refractivity contribution in [3.8, 4) is 5.75 Å². The summed E-state index contributed by atoms with van der Waals surface area (Å²) in [4.78, 5) is 25.0. The first-order chi connectivity index (χ1) is 16.4. The van der Waals surface area contributed by atoms with Crippen LogP contribution in [0.4, 0.5) is 0 Å². The molecule has 9 heteroatoms. The second-order valence-corrected chi connectivity index (χ2v) is 9.79. The summed E-state index contributed by atoms with van der Waals surface area (Å²) in [5.74, 6) is 1.95. The molecule has 0 bridgehead atoms. The molecule has 1 heterocycles. The molecule has 2 aromatic rings. The standard InChI is InChI=1S/C25H37N5O3S/c1-5-19-11-13-20(14-12-19)33-18(4)24(32)26-15-22-28-29-25(30(22)6-2)34-16-23(31)27-21-10-8-7-9-17(21)3/h11-14,17-18,21H,5-10,15-16H2,1-4H3,(H,26,32)(H,27,31)/t17-,18-,21+/m1/s1. The van der Waals surface area contributed by atoms with Gasteiger partial charge in [0.05, 0.1) is 12.3 Å². The van der Waals surface area contributed by atoms with Crippen LogP contribution in [0.5, 0.6) is 5.75 Å². The van der Waals surface area contributed by atoms with Gasteiger partial charge in [-0.2, -0.15) is 0 Å². The first-order valence-corrected chi connectivity index (χ1v) is 13.3. The van der Waals surface area contributed by atoms with Crippen molar-refractivity contribution in [1.82, 2.24) is 25.4 Å². The maximum Gasteiger partial charge on any atom is 0.261 e. The molecular formula is C25H37N5O3S. The van der Waals surface area contributed by atoms with Crippen LogP contribution < -0.4 is 15.4 Å². The number of amides is 2. The van der Waals surface area contributed by atoms with Gasteiger partial charge >= 0.3 is 0 Å². The van der Waals surface area contributed by atoms with Crippen LogP contribution in [0.2, 0.25) is 0 Å². The summed E-state index contributed by atoms with van der Waals surface area (Å²) < 4.78 is 7.68. The van der Waals surface area contributed by atoms with Crippen molar-refractivity contribution in [2.75, 3.05) is 5.75 Å². The Morgan fingerprint density at radius 2 is 1.91 bits per heavy atom. The minimum Gasteiger partial charge on any atom is -0.481 e. The van der Waals surface area contributed by atoms with Gasteiger partial charge in [0.25, 0.3) is 5.91 Å². The Balaban J connectivity index is 1.48. The maximum absolute atomic E-state index is 12.5. The van der Waals surface area contributed by atoms with Gasteiger partial charge in [-0.3, -0.25) is 9.59 Å². The van der Waals surface area contributed by atoms with E-state index in [1.807, 2.05) is 35.8 Å². The lowest BCUT2D eigenvalue weighted by Gasteiger charge is -2.29. The molecule has 0 saturated heterocycles. The Hall–Kier alpha value is -2.55. The average molecular weight is 488 g/mol. The van der Waals surface area contributed by atoms with E-state index in [2.05, 4.69) is 34.7 Å². The van der Waals surface area contributed by atoms with Gasteiger partial charge in [-0.1, -0.05) is 50.6 Å². The Kier molecular flexibility index (Phi) is 9.80. The number of thioether (sulfide) groups is 1. The highest BCUT2D eigenvalue weighted by molar-refractivity contribution is 7.99. The molecule has 3 rings (SSSR count). The molecule has 8 nitrogen and oxygen atoms in total. The number of aryl methyl sites for hydroxylation is 1. The van der Waals surface area contributed by atoms with Gasteiger partial charge < -0.3 is 19.9 Å². The normalized spacial score (nSPS) is 18.8. The number of ether oxygens (including phenoxy) is 1. The molecule has 34 heavy (non-hydrogen) atoms. The van der Waals surface area contributed by atoms with Gasteiger partial charge in [0.15, 0.2) is 17.1 Å². The third kappa shape index (κ3) is 7.22. The highest BCUT2D eigenvalue weighted by Gasteiger charge is 2.23. The van der Waals surface area contributed by atoms with Gasteiger partial charge in [0, 0.05) is 12.6 Å². The van der Waals surface area contributed by atoms with Crippen LogP contribution in [-0.2, 0) is 29.1 Å². The first kappa shape index (κ1) is 26.1. The molecule has 2 amide bonds. The molecule has 2 N–H and O–H groups in total. The van der Waals surface area contributed by atoms with Gasteiger partial charge in [-0.15, -0.1) is 10.2 Å². The molecular weight excluding hydrogens is 450 g/mol. The Labute approximate surface area is 206 Å². The van der Waals surface area contributed by atoms with Crippen LogP contribution in [0.25, 0.3) is 0 Å². The number of aromatic nitrogens is 3. The Morgan fingerprint density at radius 3 is 2.59 bits per heavy atom. The summed E-state index contributed by atoms with van der Waals surface area (Å²) in [6, 6.07) is 8.03. The minimum absolute atomic E-state index is 0.0298. The van der Waals surface area contributed by atoms with E-state index in [9.17, 15) is 9.59 Å². The van der Waals surface area contributed by atoms with Gasteiger partial charge in [-0.05, 0) is 56.7 Å². The minimum atomic E-state index is -0.634. The lowest BCUT2D eigenvalue weighted by Crippen LogP contribution is -2.41. The molecule has 1 aromatic carbocycles. The topological polar surface area (TPSA) is 98.1 Å². The zero-order valence-electron chi connectivity index (χ0n) is 20.7. The number of hydrogen-bond acceptors (Lipinski definition) is 6. The number of rotatable bonds is 11. The number of carbonyl (C=O) groups excluding carboxylic acids is 2. The second-order valence-electron chi connectivity index (χ2n) is 8.84. The lowest BCUT2D eigenvalue weighted by atomic mass is 9.86. The number of benzene rings is 1. The summed E-state index contributed by atoms with van der Waals surface area (Å²) in [7, 11) is 0. The summed E-state index contributed by atoms with van der Waals surface area (Å²) in [6.45, 7) is 8.91. The van der Waals surface area contributed by atoms with Gasteiger partial charge in [-0.25, -0.2) is 0 Å². The summed E-state index contributed by atoms with van der Waals surface area (Å²) in [5, 5.41) is 15.2. The fraction of sp³-hybridized carbons (Fsp3) is 0.600. The van der Waals surface area contributed by atoms with Crippen molar-refractivity contribution in [2.45, 2.75) is 90.2 Å². The fourth-order valence-electron chi connectivity index (χ4n) is 4.15. The predicted molar refractivity (Wildman–Crippen MR) is 134 cm³/mol. The first-order valence-electron chi connectivity index (χ1n) is 12.3. The van der Waals surface area contributed by atoms with E-state index in [-0.39, 0.29) is 24.4 Å². The fourth-order valence-corrected chi connectivity index (χ4v) is 4.99. The SMILES string of the molecule is CCc1ccc(O[C@H](C)C(=O)NCc2nnc(SCC(=O)N[C@H]3CCCC[C@H]3C)n2CC)cc1. The van der Waals surface area contributed by atoms with Crippen LogP contribution in [0.3, 0.4) is 0 Å². The third-order valence-electron chi connectivity index (χ3n) is 6.33. The Bertz CT molecular complexity index is 947. The van der Waals surface area contributed by atoms with Crippen LogP contribution in [-0.4, -0.2) is 44.5 Å². The number of nitrogens with one attached hydrogen (secondary N) is 2. The zero-order valence-corrected chi connectivity index (χ0v) is 21.5. The molecule has 0 aliphatic heterocycles. The summed E-state index contributed by atoms with van der Waals surface area (Å²) in [6.07, 6.45) is 4.98. The molecule has 186 valence electrons.